The number of benzene rings is 1. The zero-order valence-corrected chi connectivity index (χ0v) is 17.4. The van der Waals surface area contributed by atoms with Gasteiger partial charge in [-0.2, -0.15) is 0 Å². The van der Waals surface area contributed by atoms with Crippen LogP contribution in [0, 0.1) is 0 Å². The minimum absolute atomic E-state index is 0.0599. The average molecular weight is 389 g/mol. The van der Waals surface area contributed by atoms with Crippen LogP contribution in [0.3, 0.4) is 0 Å². The first-order valence-electron chi connectivity index (χ1n) is 8.76. The van der Waals surface area contributed by atoms with Gasteiger partial charge in [-0.1, -0.05) is 43.2 Å². The molecule has 4 atom stereocenters. The molecular formula is C17H32O6Si2. The second-order valence-electron chi connectivity index (χ2n) is 6.59. The first-order chi connectivity index (χ1) is 11.8. The van der Waals surface area contributed by atoms with Gasteiger partial charge in [-0.15, -0.1) is 0 Å². The fraction of sp³-hybridized carbons (Fsp3) is 0.647. The van der Waals surface area contributed by atoms with Gasteiger partial charge in [0.1, 0.15) is 0 Å². The summed E-state index contributed by atoms with van der Waals surface area (Å²) in [5.41, 5.74) is 0. The molecule has 1 aromatic rings. The standard InChI is InChI=1S/C17H32O6Si2/c1-15(19)17(20)11-7-8-13-25(22-2,14-12-18)23-24(3,21)16-9-5-4-6-10-16/h4-6,9-10,15,17-21H,7-8,11-14H2,1-3H3. The third-order valence-electron chi connectivity index (χ3n) is 4.42. The number of aliphatic hydroxyl groups is 3. The molecule has 0 radical (unpaired) electrons. The molecule has 0 saturated heterocycles. The van der Waals surface area contributed by atoms with E-state index in [-0.39, 0.29) is 6.61 Å². The molecule has 25 heavy (non-hydrogen) atoms. The molecule has 0 bridgehead atoms. The van der Waals surface area contributed by atoms with Crippen LogP contribution in [0.15, 0.2) is 30.3 Å². The van der Waals surface area contributed by atoms with E-state index in [1.807, 2.05) is 30.3 Å². The quantitative estimate of drug-likeness (QED) is 0.314. The van der Waals surface area contributed by atoms with E-state index in [2.05, 4.69) is 0 Å². The molecule has 4 unspecified atom stereocenters. The van der Waals surface area contributed by atoms with Crippen LogP contribution in [0.2, 0.25) is 18.6 Å². The van der Waals surface area contributed by atoms with Crippen molar-refractivity contribution in [2.24, 2.45) is 0 Å². The number of aliphatic hydroxyl groups excluding tert-OH is 3. The van der Waals surface area contributed by atoms with Crippen LogP contribution in [-0.4, -0.2) is 63.2 Å². The van der Waals surface area contributed by atoms with Crippen molar-refractivity contribution >= 4 is 22.3 Å². The minimum atomic E-state index is -3.14. The average Bonchev–Trinajstić information content (AvgIpc) is 2.59. The summed E-state index contributed by atoms with van der Waals surface area (Å²) in [7, 11) is -4.33. The van der Waals surface area contributed by atoms with Gasteiger partial charge in [0, 0.05) is 19.8 Å². The van der Waals surface area contributed by atoms with Gasteiger partial charge in [0.2, 0.25) is 0 Å². The maximum Gasteiger partial charge on any atom is 0.357 e. The van der Waals surface area contributed by atoms with E-state index in [0.29, 0.717) is 24.9 Å². The Bertz CT molecular complexity index is 485. The van der Waals surface area contributed by atoms with E-state index in [1.54, 1.807) is 20.6 Å². The summed E-state index contributed by atoms with van der Waals surface area (Å²) in [6.45, 7) is 3.23. The number of rotatable bonds is 12. The molecule has 1 rings (SSSR count). The van der Waals surface area contributed by atoms with E-state index in [0.717, 1.165) is 11.6 Å². The molecule has 0 aromatic heterocycles. The highest BCUT2D eigenvalue weighted by Crippen LogP contribution is 2.25. The summed E-state index contributed by atoms with van der Waals surface area (Å²) in [5.74, 6) is 0. The van der Waals surface area contributed by atoms with Crippen molar-refractivity contribution in [1.29, 1.82) is 0 Å². The van der Waals surface area contributed by atoms with Crippen LogP contribution in [0.25, 0.3) is 0 Å². The Morgan fingerprint density at radius 2 is 1.72 bits per heavy atom. The predicted octanol–water partition coefficient (Wildman–Crippen LogP) is 0.967. The van der Waals surface area contributed by atoms with E-state index >= 15 is 0 Å². The normalized spacial score (nSPS) is 19.0. The fourth-order valence-corrected chi connectivity index (χ4v) is 9.92. The maximum absolute atomic E-state index is 10.9. The van der Waals surface area contributed by atoms with Crippen molar-refractivity contribution in [3.63, 3.8) is 0 Å². The monoisotopic (exact) mass is 388 g/mol. The fourth-order valence-electron chi connectivity index (χ4n) is 2.80. The van der Waals surface area contributed by atoms with Crippen LogP contribution in [0.5, 0.6) is 0 Å². The first kappa shape index (κ1) is 22.5. The molecule has 4 N–H and O–H groups in total. The lowest BCUT2D eigenvalue weighted by Gasteiger charge is -2.35. The molecule has 0 fully saturated rings. The second kappa shape index (κ2) is 10.5. The van der Waals surface area contributed by atoms with Gasteiger partial charge < -0.3 is 28.7 Å². The summed E-state index contributed by atoms with van der Waals surface area (Å²) in [5, 5.41) is 29.2. The minimum Gasteiger partial charge on any atom is -0.411 e. The molecule has 0 aliphatic carbocycles. The lowest BCUT2D eigenvalue weighted by Crippen LogP contribution is -2.58. The zero-order valence-electron chi connectivity index (χ0n) is 15.4. The van der Waals surface area contributed by atoms with Crippen LogP contribution in [0.1, 0.15) is 26.2 Å². The maximum atomic E-state index is 10.9. The lowest BCUT2D eigenvalue weighted by atomic mass is 10.1. The van der Waals surface area contributed by atoms with Crippen LogP contribution < -0.4 is 5.19 Å². The summed E-state index contributed by atoms with van der Waals surface area (Å²) in [4.78, 5) is 10.9. The van der Waals surface area contributed by atoms with Gasteiger partial charge in [-0.25, -0.2) is 0 Å². The highest BCUT2D eigenvalue weighted by Gasteiger charge is 2.44. The van der Waals surface area contributed by atoms with Crippen molar-refractivity contribution in [3.8, 4) is 0 Å². The smallest absolute Gasteiger partial charge is 0.357 e. The lowest BCUT2D eigenvalue weighted by molar-refractivity contribution is 0.0249. The molecule has 0 amide bonds. The van der Waals surface area contributed by atoms with Crippen molar-refractivity contribution in [2.75, 3.05) is 13.7 Å². The zero-order chi connectivity index (χ0) is 18.9. The molecule has 6 nitrogen and oxygen atoms in total. The van der Waals surface area contributed by atoms with E-state index in [1.165, 1.54) is 0 Å². The van der Waals surface area contributed by atoms with E-state index < -0.39 is 29.3 Å². The Morgan fingerprint density at radius 1 is 1.08 bits per heavy atom. The Labute approximate surface area is 152 Å². The van der Waals surface area contributed by atoms with Gasteiger partial charge in [0.25, 0.3) is 0 Å². The van der Waals surface area contributed by atoms with Gasteiger partial charge >= 0.3 is 17.1 Å². The summed E-state index contributed by atoms with van der Waals surface area (Å²) < 4.78 is 11.9. The van der Waals surface area contributed by atoms with Crippen LogP contribution >= 0.6 is 0 Å². The van der Waals surface area contributed by atoms with Crippen LogP contribution in [-0.2, 0) is 8.54 Å². The third kappa shape index (κ3) is 7.28. The van der Waals surface area contributed by atoms with Gasteiger partial charge in [0.15, 0.2) is 0 Å². The van der Waals surface area contributed by atoms with E-state index in [4.69, 9.17) is 8.54 Å². The summed E-state index contributed by atoms with van der Waals surface area (Å²) in [6.07, 6.45) is 0.470. The Balaban J connectivity index is 2.74. The highest BCUT2D eigenvalue weighted by atomic mass is 28.5. The highest BCUT2D eigenvalue weighted by molar-refractivity contribution is 6.87. The molecule has 8 heteroatoms. The second-order valence-corrected chi connectivity index (χ2v) is 13.2. The molecular weight excluding hydrogens is 356 g/mol. The van der Waals surface area contributed by atoms with Crippen molar-refractivity contribution < 1.29 is 28.7 Å². The number of hydrogen-bond acceptors (Lipinski definition) is 6. The molecule has 0 aliphatic rings. The predicted molar refractivity (Wildman–Crippen MR) is 102 cm³/mol. The summed E-state index contributed by atoms with van der Waals surface area (Å²) in [6, 6.07) is 10.3. The van der Waals surface area contributed by atoms with Crippen molar-refractivity contribution in [2.45, 2.75) is 57.0 Å². The molecule has 144 valence electrons. The van der Waals surface area contributed by atoms with Gasteiger partial charge in [-0.3, -0.25) is 0 Å². The summed E-state index contributed by atoms with van der Waals surface area (Å²) >= 11 is 0. The topological polar surface area (TPSA) is 99.4 Å². The molecule has 0 spiro atoms. The van der Waals surface area contributed by atoms with Gasteiger partial charge in [-0.05, 0) is 31.1 Å². The third-order valence-corrected chi connectivity index (χ3v) is 11.8. The molecule has 1 aromatic carbocycles. The Hall–Kier alpha value is -0.586. The Morgan fingerprint density at radius 3 is 2.24 bits per heavy atom. The van der Waals surface area contributed by atoms with Crippen molar-refractivity contribution in [3.05, 3.63) is 30.3 Å². The Kier molecular flexibility index (Phi) is 9.46. The first-order valence-corrected chi connectivity index (χ1v) is 13.3. The largest absolute Gasteiger partial charge is 0.411 e. The van der Waals surface area contributed by atoms with E-state index in [9.17, 15) is 20.1 Å². The molecule has 0 aliphatic heterocycles. The molecule has 0 saturated carbocycles. The molecule has 0 heterocycles. The van der Waals surface area contributed by atoms with Crippen molar-refractivity contribution in [1.82, 2.24) is 0 Å². The number of hydrogen-bond donors (Lipinski definition) is 4. The van der Waals surface area contributed by atoms with Crippen LogP contribution in [0.4, 0.5) is 0 Å². The SMILES string of the molecule is CO[Si](CCO)(CCCCC(O)C(C)O)O[Si](C)(O)c1ccccc1. The number of unbranched alkanes of at least 4 members (excludes halogenated alkanes) is 1. The van der Waals surface area contributed by atoms with Gasteiger partial charge in [0.05, 0.1) is 12.2 Å².